The fourth-order valence-electron chi connectivity index (χ4n) is 4.56. The van der Waals surface area contributed by atoms with Gasteiger partial charge in [-0.1, -0.05) is 56.2 Å². The summed E-state index contributed by atoms with van der Waals surface area (Å²) in [4.78, 5) is 13.8. The Morgan fingerprint density at radius 1 is 0.686 bits per heavy atom. The maximum Gasteiger partial charge on any atom is 0.347 e. The summed E-state index contributed by atoms with van der Waals surface area (Å²) in [6, 6.07) is 22.6. The van der Waals surface area contributed by atoms with Crippen molar-refractivity contribution in [3.8, 4) is 17.2 Å². The average molecular weight is 477 g/mol. The van der Waals surface area contributed by atoms with Gasteiger partial charge in [0.15, 0.2) is 5.60 Å². The van der Waals surface area contributed by atoms with E-state index in [1.807, 2.05) is 72.8 Å². The fourth-order valence-corrected chi connectivity index (χ4v) is 4.56. The lowest BCUT2D eigenvalue weighted by Gasteiger charge is -2.21. The number of hydrogen-bond acceptors (Lipinski definition) is 6. The van der Waals surface area contributed by atoms with Crippen molar-refractivity contribution in [3.05, 3.63) is 89.5 Å². The zero-order valence-electron chi connectivity index (χ0n) is 20.7. The molecular formula is C29H32O6. The Balaban J connectivity index is 1.85. The Hall–Kier alpha value is -3.51. The van der Waals surface area contributed by atoms with Gasteiger partial charge in [0, 0.05) is 0 Å². The summed E-state index contributed by atoms with van der Waals surface area (Å²) in [5.74, 6) is 1.72. The highest BCUT2D eigenvalue weighted by Crippen LogP contribution is 2.66. The molecule has 184 valence electrons. The second kappa shape index (κ2) is 10.4. The van der Waals surface area contributed by atoms with Crippen molar-refractivity contribution >= 4 is 5.97 Å². The summed E-state index contributed by atoms with van der Waals surface area (Å²) >= 11 is 0. The molecule has 3 aromatic carbocycles. The molecule has 4 rings (SSSR count). The predicted octanol–water partition coefficient (Wildman–Crippen LogP) is 5.62. The van der Waals surface area contributed by atoms with Gasteiger partial charge in [0.25, 0.3) is 0 Å². The van der Waals surface area contributed by atoms with Crippen molar-refractivity contribution in [2.24, 2.45) is 0 Å². The van der Waals surface area contributed by atoms with E-state index in [9.17, 15) is 4.79 Å². The molecule has 3 aromatic rings. The SMILES string of the molecule is CCCCCOC(=O)C1(c2ccc(OC)cc2)OC1(c1ccc(OC)cc1)c1ccc(OC)cc1. The second-order valence-electron chi connectivity index (χ2n) is 8.49. The van der Waals surface area contributed by atoms with Crippen LogP contribution in [0.25, 0.3) is 0 Å². The number of epoxide rings is 1. The van der Waals surface area contributed by atoms with E-state index < -0.39 is 17.2 Å². The third-order valence-electron chi connectivity index (χ3n) is 6.52. The molecule has 0 amide bonds. The molecular weight excluding hydrogens is 444 g/mol. The molecule has 0 aliphatic carbocycles. The van der Waals surface area contributed by atoms with Crippen LogP contribution in [0.3, 0.4) is 0 Å². The minimum absolute atomic E-state index is 0.343. The van der Waals surface area contributed by atoms with Gasteiger partial charge in [-0.05, 0) is 59.5 Å². The van der Waals surface area contributed by atoms with E-state index in [-0.39, 0.29) is 0 Å². The van der Waals surface area contributed by atoms with Gasteiger partial charge in [0.2, 0.25) is 5.60 Å². The van der Waals surface area contributed by atoms with E-state index in [0.717, 1.165) is 41.9 Å². The van der Waals surface area contributed by atoms with E-state index in [1.165, 1.54) is 0 Å². The molecule has 0 radical (unpaired) electrons. The minimum Gasteiger partial charge on any atom is -0.497 e. The summed E-state index contributed by atoms with van der Waals surface area (Å²) in [6.07, 6.45) is 2.84. The van der Waals surface area contributed by atoms with Gasteiger partial charge >= 0.3 is 5.97 Å². The second-order valence-corrected chi connectivity index (χ2v) is 8.49. The summed E-state index contributed by atoms with van der Waals surface area (Å²) in [7, 11) is 4.85. The number of unbranched alkanes of at least 4 members (excludes halogenated alkanes) is 2. The Labute approximate surface area is 206 Å². The van der Waals surface area contributed by atoms with Crippen LogP contribution in [-0.4, -0.2) is 33.9 Å². The molecule has 0 bridgehead atoms. The molecule has 1 aliphatic heterocycles. The number of carbonyl (C=O) groups is 1. The Morgan fingerprint density at radius 3 is 1.51 bits per heavy atom. The van der Waals surface area contributed by atoms with E-state index in [4.69, 9.17) is 23.7 Å². The third kappa shape index (κ3) is 4.34. The molecule has 1 unspecified atom stereocenters. The maximum atomic E-state index is 13.8. The van der Waals surface area contributed by atoms with Gasteiger partial charge in [-0.15, -0.1) is 0 Å². The first kappa shape index (κ1) is 24.6. The Bertz CT molecular complexity index is 1070. The molecule has 0 spiro atoms. The number of carbonyl (C=O) groups excluding carboxylic acids is 1. The lowest BCUT2D eigenvalue weighted by molar-refractivity contribution is -0.150. The van der Waals surface area contributed by atoms with Gasteiger partial charge in [0.1, 0.15) is 17.2 Å². The van der Waals surface area contributed by atoms with E-state index in [2.05, 4.69) is 6.92 Å². The number of benzene rings is 3. The van der Waals surface area contributed by atoms with Crippen molar-refractivity contribution in [2.45, 2.75) is 37.4 Å². The van der Waals surface area contributed by atoms with E-state index in [0.29, 0.717) is 17.9 Å². The monoisotopic (exact) mass is 476 g/mol. The van der Waals surface area contributed by atoms with Crippen molar-refractivity contribution < 1.29 is 28.5 Å². The van der Waals surface area contributed by atoms with Crippen LogP contribution in [0.1, 0.15) is 42.9 Å². The number of methoxy groups -OCH3 is 3. The Morgan fingerprint density at radius 2 is 1.11 bits per heavy atom. The maximum absolute atomic E-state index is 13.8. The number of ether oxygens (including phenoxy) is 5. The van der Waals surface area contributed by atoms with Crippen LogP contribution in [0.2, 0.25) is 0 Å². The molecule has 0 aromatic heterocycles. The standard InChI is InChI=1S/C29H32O6/c1-5-6-7-20-34-27(30)29(23-12-18-26(33-4)19-13-23)28(35-29,21-8-14-24(31-2)15-9-21)22-10-16-25(32-3)17-11-22/h8-19H,5-7,20H2,1-4H3. The van der Waals surface area contributed by atoms with Crippen molar-refractivity contribution in [3.63, 3.8) is 0 Å². The minimum atomic E-state index is -1.35. The molecule has 1 atom stereocenters. The van der Waals surface area contributed by atoms with Gasteiger partial charge in [-0.25, -0.2) is 4.79 Å². The van der Waals surface area contributed by atoms with Crippen LogP contribution in [-0.2, 0) is 25.5 Å². The zero-order valence-corrected chi connectivity index (χ0v) is 20.7. The first-order valence-electron chi connectivity index (χ1n) is 11.9. The molecule has 1 saturated heterocycles. The smallest absolute Gasteiger partial charge is 0.347 e. The lowest BCUT2D eigenvalue weighted by atomic mass is 9.77. The summed E-state index contributed by atoms with van der Waals surface area (Å²) in [6.45, 7) is 2.46. The fraction of sp³-hybridized carbons (Fsp3) is 0.345. The van der Waals surface area contributed by atoms with Crippen LogP contribution in [0.5, 0.6) is 17.2 Å². The molecule has 0 saturated carbocycles. The third-order valence-corrected chi connectivity index (χ3v) is 6.52. The number of esters is 1. The molecule has 35 heavy (non-hydrogen) atoms. The first-order valence-corrected chi connectivity index (χ1v) is 11.9. The van der Waals surface area contributed by atoms with Crippen molar-refractivity contribution in [1.29, 1.82) is 0 Å². The summed E-state index contributed by atoms with van der Waals surface area (Å²) < 4.78 is 28.5. The lowest BCUT2D eigenvalue weighted by Crippen LogP contribution is -2.33. The Kier molecular flexibility index (Phi) is 7.31. The van der Waals surface area contributed by atoms with Crippen LogP contribution in [0, 0.1) is 0 Å². The van der Waals surface area contributed by atoms with Crippen LogP contribution in [0.4, 0.5) is 0 Å². The van der Waals surface area contributed by atoms with Gasteiger partial charge in [-0.2, -0.15) is 0 Å². The molecule has 1 heterocycles. The summed E-state index contributed by atoms with van der Waals surface area (Å²) in [5, 5.41) is 0. The number of hydrogen-bond donors (Lipinski definition) is 0. The van der Waals surface area contributed by atoms with Gasteiger partial charge in [0.05, 0.1) is 27.9 Å². The van der Waals surface area contributed by atoms with Crippen LogP contribution >= 0.6 is 0 Å². The summed E-state index contributed by atoms with van der Waals surface area (Å²) in [5.41, 5.74) is -0.0867. The average Bonchev–Trinajstić information content (AvgIpc) is 3.63. The van der Waals surface area contributed by atoms with Gasteiger partial charge in [-0.3, -0.25) is 0 Å². The highest BCUT2D eigenvalue weighted by atomic mass is 16.7. The molecule has 1 fully saturated rings. The van der Waals surface area contributed by atoms with Gasteiger partial charge < -0.3 is 23.7 Å². The van der Waals surface area contributed by atoms with Crippen LogP contribution < -0.4 is 14.2 Å². The van der Waals surface area contributed by atoms with E-state index >= 15 is 0 Å². The van der Waals surface area contributed by atoms with Crippen molar-refractivity contribution in [2.75, 3.05) is 27.9 Å². The van der Waals surface area contributed by atoms with Crippen molar-refractivity contribution in [1.82, 2.24) is 0 Å². The molecule has 6 heteroatoms. The molecule has 0 N–H and O–H groups in total. The zero-order chi connectivity index (χ0) is 24.9. The topological polar surface area (TPSA) is 66.5 Å². The predicted molar refractivity (Wildman–Crippen MR) is 133 cm³/mol. The number of rotatable bonds is 11. The van der Waals surface area contributed by atoms with Crippen LogP contribution in [0.15, 0.2) is 72.8 Å². The molecule has 6 nitrogen and oxygen atoms in total. The van der Waals surface area contributed by atoms with E-state index in [1.54, 1.807) is 21.3 Å². The first-order chi connectivity index (χ1) is 17.0. The highest BCUT2D eigenvalue weighted by Gasteiger charge is 2.78. The normalized spacial score (nSPS) is 17.9. The quantitative estimate of drug-likeness (QED) is 0.203. The largest absolute Gasteiger partial charge is 0.497 e. The molecule has 1 aliphatic rings. The highest BCUT2D eigenvalue weighted by molar-refractivity contribution is 5.89.